The van der Waals surface area contributed by atoms with E-state index in [2.05, 4.69) is 20.4 Å². The normalized spacial score (nSPS) is 18.0. The maximum absolute atomic E-state index is 13.1. The second-order valence-corrected chi connectivity index (χ2v) is 8.14. The summed E-state index contributed by atoms with van der Waals surface area (Å²) in [7, 11) is -3.71. The summed E-state index contributed by atoms with van der Waals surface area (Å²) >= 11 is 0. The lowest BCUT2D eigenvalue weighted by atomic mass is 10.2. The third-order valence-corrected chi connectivity index (χ3v) is 6.43. The fourth-order valence-corrected chi connectivity index (χ4v) is 4.84. The molecule has 0 aliphatic carbocycles. The fraction of sp³-hybridized carbons (Fsp3) is 0.294. The fourth-order valence-electron chi connectivity index (χ4n) is 3.16. The first-order valence-corrected chi connectivity index (χ1v) is 9.95. The Bertz CT molecular complexity index is 1020. The van der Waals surface area contributed by atoms with E-state index < -0.39 is 15.8 Å². The molecule has 2 aromatic heterocycles. The van der Waals surface area contributed by atoms with E-state index >= 15 is 0 Å². The molecule has 8 nitrogen and oxygen atoms in total. The number of tetrazole rings is 1. The van der Waals surface area contributed by atoms with E-state index in [9.17, 15) is 12.8 Å². The Morgan fingerprint density at radius 2 is 1.96 bits per heavy atom. The van der Waals surface area contributed by atoms with Gasteiger partial charge in [-0.25, -0.2) is 12.8 Å². The van der Waals surface area contributed by atoms with Crippen LogP contribution in [0.2, 0.25) is 0 Å². The SMILES string of the molecule is O=S(=O)(c1ccc(F)cc1)N1CCC[C@H]1Cn1nnc(-c2ccccn2)n1. The molecule has 0 spiro atoms. The molecule has 1 saturated heterocycles. The largest absolute Gasteiger partial charge is 0.253 e. The second-order valence-electron chi connectivity index (χ2n) is 6.25. The minimum absolute atomic E-state index is 0.0801. The molecule has 0 N–H and O–H groups in total. The van der Waals surface area contributed by atoms with Gasteiger partial charge in [-0.15, -0.1) is 10.2 Å². The van der Waals surface area contributed by atoms with Crippen LogP contribution in [0.15, 0.2) is 53.6 Å². The van der Waals surface area contributed by atoms with Crippen LogP contribution < -0.4 is 0 Å². The Balaban J connectivity index is 1.54. The molecule has 0 radical (unpaired) electrons. The van der Waals surface area contributed by atoms with Crippen LogP contribution in [-0.2, 0) is 16.6 Å². The molecule has 140 valence electrons. The first kappa shape index (κ1) is 17.7. The van der Waals surface area contributed by atoms with Crippen LogP contribution in [0.4, 0.5) is 4.39 Å². The highest BCUT2D eigenvalue weighted by molar-refractivity contribution is 7.89. The molecule has 4 rings (SSSR count). The smallest absolute Gasteiger partial charge is 0.243 e. The van der Waals surface area contributed by atoms with Crippen molar-refractivity contribution in [3.8, 4) is 11.5 Å². The molecule has 0 amide bonds. The lowest BCUT2D eigenvalue weighted by Gasteiger charge is -2.23. The van der Waals surface area contributed by atoms with Gasteiger partial charge in [-0.3, -0.25) is 4.98 Å². The lowest BCUT2D eigenvalue weighted by molar-refractivity contribution is 0.323. The molecule has 1 aromatic carbocycles. The Morgan fingerprint density at radius 1 is 1.15 bits per heavy atom. The zero-order valence-electron chi connectivity index (χ0n) is 14.3. The van der Waals surface area contributed by atoms with Crippen LogP contribution in [0.1, 0.15) is 12.8 Å². The number of pyridine rings is 1. The van der Waals surface area contributed by atoms with Gasteiger partial charge in [0.05, 0.1) is 11.4 Å². The highest BCUT2D eigenvalue weighted by atomic mass is 32.2. The van der Waals surface area contributed by atoms with E-state index in [0.29, 0.717) is 31.0 Å². The van der Waals surface area contributed by atoms with E-state index in [1.807, 2.05) is 6.07 Å². The van der Waals surface area contributed by atoms with Crippen molar-refractivity contribution in [2.24, 2.45) is 0 Å². The standard InChI is InChI=1S/C17H17FN6O2S/c18-13-6-8-15(9-7-13)27(25,26)23-11-3-4-14(23)12-24-21-17(20-22-24)16-5-1-2-10-19-16/h1-2,5-10,14H,3-4,11-12H2/t14-/m0/s1. The molecule has 1 atom stereocenters. The van der Waals surface area contributed by atoms with Gasteiger partial charge < -0.3 is 0 Å². The van der Waals surface area contributed by atoms with Crippen molar-refractivity contribution < 1.29 is 12.8 Å². The molecule has 3 aromatic rings. The molecule has 27 heavy (non-hydrogen) atoms. The van der Waals surface area contributed by atoms with Crippen molar-refractivity contribution in [3.63, 3.8) is 0 Å². The molecule has 0 bridgehead atoms. The summed E-state index contributed by atoms with van der Waals surface area (Å²) in [6, 6.07) is 9.99. The van der Waals surface area contributed by atoms with Crippen LogP contribution >= 0.6 is 0 Å². The predicted octanol–water partition coefficient (Wildman–Crippen LogP) is 1.73. The Morgan fingerprint density at radius 3 is 2.70 bits per heavy atom. The topological polar surface area (TPSA) is 93.9 Å². The minimum Gasteiger partial charge on any atom is -0.253 e. The molecule has 1 aliphatic heterocycles. The van der Waals surface area contributed by atoms with Crippen molar-refractivity contribution >= 4 is 10.0 Å². The first-order valence-electron chi connectivity index (χ1n) is 8.51. The van der Waals surface area contributed by atoms with Gasteiger partial charge in [0.2, 0.25) is 15.8 Å². The third kappa shape index (κ3) is 3.58. The van der Waals surface area contributed by atoms with Gasteiger partial charge in [-0.05, 0) is 54.5 Å². The van der Waals surface area contributed by atoms with Gasteiger partial charge in [0.25, 0.3) is 0 Å². The summed E-state index contributed by atoms with van der Waals surface area (Å²) in [5.41, 5.74) is 0.603. The van der Waals surface area contributed by atoms with E-state index in [4.69, 9.17) is 0 Å². The average Bonchev–Trinajstić information content (AvgIpc) is 3.33. The molecule has 0 unspecified atom stereocenters. The summed E-state index contributed by atoms with van der Waals surface area (Å²) in [6.45, 7) is 0.701. The maximum Gasteiger partial charge on any atom is 0.243 e. The molecule has 1 aliphatic rings. The maximum atomic E-state index is 13.1. The number of sulfonamides is 1. The summed E-state index contributed by atoms with van der Waals surface area (Å²) in [5.74, 6) is -0.0812. The predicted molar refractivity (Wildman–Crippen MR) is 94.4 cm³/mol. The van der Waals surface area contributed by atoms with Crippen molar-refractivity contribution in [3.05, 3.63) is 54.5 Å². The Hall–Kier alpha value is -2.72. The summed E-state index contributed by atoms with van der Waals surface area (Å²) in [4.78, 5) is 5.66. The molecule has 0 saturated carbocycles. The molecule has 1 fully saturated rings. The van der Waals surface area contributed by atoms with E-state index in [1.54, 1.807) is 18.3 Å². The van der Waals surface area contributed by atoms with Gasteiger partial charge >= 0.3 is 0 Å². The Kier molecular flexibility index (Phi) is 4.66. The first-order chi connectivity index (χ1) is 13.0. The quantitative estimate of drug-likeness (QED) is 0.661. The number of halogens is 1. The summed E-state index contributed by atoms with van der Waals surface area (Å²) in [5, 5.41) is 12.3. The third-order valence-electron chi connectivity index (χ3n) is 4.46. The second kappa shape index (κ2) is 7.12. The van der Waals surface area contributed by atoms with Crippen LogP contribution in [0.3, 0.4) is 0 Å². The molecule has 3 heterocycles. The summed E-state index contributed by atoms with van der Waals surface area (Å²) < 4.78 is 40.4. The van der Waals surface area contributed by atoms with Crippen LogP contribution in [0, 0.1) is 5.82 Å². The van der Waals surface area contributed by atoms with Crippen molar-refractivity contribution in [2.45, 2.75) is 30.3 Å². The van der Waals surface area contributed by atoms with Gasteiger partial charge in [0, 0.05) is 18.8 Å². The number of hydrogen-bond donors (Lipinski definition) is 0. The number of rotatable bonds is 5. The zero-order valence-corrected chi connectivity index (χ0v) is 15.1. The highest BCUT2D eigenvalue weighted by Crippen LogP contribution is 2.27. The number of nitrogens with zero attached hydrogens (tertiary/aromatic N) is 6. The van der Waals surface area contributed by atoms with Gasteiger partial charge in [-0.1, -0.05) is 6.07 Å². The van der Waals surface area contributed by atoms with Crippen molar-refractivity contribution in [1.82, 2.24) is 29.5 Å². The van der Waals surface area contributed by atoms with Crippen LogP contribution in [-0.4, -0.2) is 50.5 Å². The van der Waals surface area contributed by atoms with Crippen LogP contribution in [0.25, 0.3) is 11.5 Å². The minimum atomic E-state index is -3.71. The highest BCUT2D eigenvalue weighted by Gasteiger charge is 2.36. The van der Waals surface area contributed by atoms with E-state index in [-0.39, 0.29) is 10.9 Å². The number of aromatic nitrogens is 5. The van der Waals surface area contributed by atoms with Crippen LogP contribution in [0.5, 0.6) is 0 Å². The van der Waals surface area contributed by atoms with Gasteiger partial charge in [0.1, 0.15) is 11.5 Å². The number of hydrogen-bond acceptors (Lipinski definition) is 6. The Labute approximate surface area is 155 Å². The number of benzene rings is 1. The summed E-state index contributed by atoms with van der Waals surface area (Å²) in [6.07, 6.45) is 3.08. The average molecular weight is 388 g/mol. The zero-order chi connectivity index (χ0) is 18.9. The van der Waals surface area contributed by atoms with Crippen molar-refractivity contribution in [1.29, 1.82) is 0 Å². The molecular weight excluding hydrogens is 371 g/mol. The monoisotopic (exact) mass is 388 g/mol. The van der Waals surface area contributed by atoms with Crippen molar-refractivity contribution in [2.75, 3.05) is 6.54 Å². The lowest BCUT2D eigenvalue weighted by Crippen LogP contribution is -2.38. The molecule has 10 heteroatoms. The van der Waals surface area contributed by atoms with E-state index in [0.717, 1.165) is 18.6 Å². The molecular formula is C17H17FN6O2S. The van der Waals surface area contributed by atoms with Gasteiger partial charge in [-0.2, -0.15) is 9.10 Å². The van der Waals surface area contributed by atoms with E-state index in [1.165, 1.54) is 21.2 Å². The van der Waals surface area contributed by atoms with Gasteiger partial charge in [0.15, 0.2) is 0 Å².